The van der Waals surface area contributed by atoms with Crippen LogP contribution in [-0.4, -0.2) is 41.0 Å². The summed E-state index contributed by atoms with van der Waals surface area (Å²) in [4.78, 5) is 36.2. The molecule has 0 bridgehead atoms. The van der Waals surface area contributed by atoms with E-state index in [2.05, 4.69) is 16.4 Å². The van der Waals surface area contributed by atoms with Crippen molar-refractivity contribution in [1.29, 1.82) is 0 Å². The molecule has 0 spiro atoms. The Labute approximate surface area is 151 Å². The van der Waals surface area contributed by atoms with Gasteiger partial charge in [-0.2, -0.15) is 0 Å². The van der Waals surface area contributed by atoms with Crippen molar-refractivity contribution in [2.24, 2.45) is 17.8 Å². The van der Waals surface area contributed by atoms with Crippen molar-refractivity contribution < 1.29 is 25.2 Å². The van der Waals surface area contributed by atoms with Gasteiger partial charge in [0.05, 0.1) is 0 Å². The minimum atomic E-state index is -1.06. The Morgan fingerprint density at radius 3 is 1.56 bits per heavy atom. The number of carbonyl (C=O) groups excluding carboxylic acids is 2. The number of hydrogen-bond donors (Lipinski definition) is 4. The van der Waals surface area contributed by atoms with Crippen molar-refractivity contribution in [1.82, 2.24) is 10.6 Å². The number of amides is 2. The molecule has 25 heavy (non-hydrogen) atoms. The highest BCUT2D eigenvalue weighted by Gasteiger charge is 2.29. The van der Waals surface area contributed by atoms with Gasteiger partial charge < -0.3 is 21.5 Å². The van der Waals surface area contributed by atoms with Crippen molar-refractivity contribution in [3.05, 3.63) is 0 Å². The summed E-state index contributed by atoms with van der Waals surface area (Å²) in [5, 5.41) is 14.6. The molecular formula is C18H36N3O4+. The summed E-state index contributed by atoms with van der Waals surface area (Å²) in [5.74, 6) is -1.15. The zero-order chi connectivity index (χ0) is 19.7. The Morgan fingerprint density at radius 2 is 1.16 bits per heavy atom. The van der Waals surface area contributed by atoms with E-state index in [1.54, 1.807) is 0 Å². The largest absolute Gasteiger partial charge is 0.480 e. The molecule has 0 aromatic carbocycles. The third kappa shape index (κ3) is 10.1. The number of carbonyl (C=O) groups is 3. The van der Waals surface area contributed by atoms with E-state index in [1.807, 2.05) is 41.5 Å². The first kappa shape index (κ1) is 23.4. The Hall–Kier alpha value is -1.63. The first-order chi connectivity index (χ1) is 11.4. The fourth-order valence-electron chi connectivity index (χ4n) is 2.63. The second-order valence-corrected chi connectivity index (χ2v) is 8.05. The van der Waals surface area contributed by atoms with Crippen LogP contribution in [0.25, 0.3) is 0 Å². The molecular weight excluding hydrogens is 322 g/mol. The first-order valence-corrected chi connectivity index (χ1v) is 9.10. The van der Waals surface area contributed by atoms with Gasteiger partial charge in [0.15, 0.2) is 6.04 Å². The molecule has 146 valence electrons. The Bertz CT molecular complexity index is 450. The van der Waals surface area contributed by atoms with Gasteiger partial charge in [0.1, 0.15) is 12.1 Å². The summed E-state index contributed by atoms with van der Waals surface area (Å²) >= 11 is 0. The van der Waals surface area contributed by atoms with Crippen LogP contribution in [0.5, 0.6) is 0 Å². The molecule has 0 heterocycles. The first-order valence-electron chi connectivity index (χ1n) is 9.10. The van der Waals surface area contributed by atoms with Crippen LogP contribution >= 0.6 is 0 Å². The summed E-state index contributed by atoms with van der Waals surface area (Å²) < 4.78 is 0. The van der Waals surface area contributed by atoms with Crippen molar-refractivity contribution in [3.8, 4) is 0 Å². The van der Waals surface area contributed by atoms with Crippen molar-refractivity contribution >= 4 is 17.8 Å². The van der Waals surface area contributed by atoms with Gasteiger partial charge in [0.25, 0.3) is 5.91 Å². The maximum atomic E-state index is 12.5. The van der Waals surface area contributed by atoms with E-state index in [1.165, 1.54) is 0 Å². The molecule has 2 amide bonds. The average molecular weight is 359 g/mol. The lowest BCUT2D eigenvalue weighted by atomic mass is 9.99. The minimum Gasteiger partial charge on any atom is -0.480 e. The number of rotatable bonds is 11. The molecule has 0 aliphatic heterocycles. The Kier molecular flexibility index (Phi) is 10.4. The minimum absolute atomic E-state index is 0.134. The van der Waals surface area contributed by atoms with Crippen LogP contribution in [-0.2, 0) is 14.4 Å². The molecule has 0 aliphatic rings. The monoisotopic (exact) mass is 358 g/mol. The number of quaternary nitrogens is 1. The van der Waals surface area contributed by atoms with Crippen LogP contribution in [0.2, 0.25) is 0 Å². The van der Waals surface area contributed by atoms with Crippen LogP contribution in [0.1, 0.15) is 60.8 Å². The maximum absolute atomic E-state index is 12.5. The number of aliphatic carboxylic acids is 1. The molecule has 0 aromatic rings. The second-order valence-electron chi connectivity index (χ2n) is 8.05. The van der Waals surface area contributed by atoms with E-state index in [-0.39, 0.29) is 17.7 Å². The molecule has 0 rings (SSSR count). The lowest BCUT2D eigenvalue weighted by Crippen LogP contribution is -2.69. The average Bonchev–Trinajstić information content (AvgIpc) is 2.43. The van der Waals surface area contributed by atoms with Crippen LogP contribution < -0.4 is 16.4 Å². The van der Waals surface area contributed by atoms with Crippen molar-refractivity contribution in [2.75, 3.05) is 0 Å². The van der Waals surface area contributed by atoms with Crippen molar-refractivity contribution in [2.45, 2.75) is 78.9 Å². The summed E-state index contributed by atoms with van der Waals surface area (Å²) in [6.07, 6.45) is 1.42. The molecule has 0 unspecified atom stereocenters. The molecule has 0 saturated carbocycles. The Morgan fingerprint density at radius 1 is 0.760 bits per heavy atom. The number of carboxylic acid groups (broad SMARTS) is 1. The lowest BCUT2D eigenvalue weighted by molar-refractivity contribution is -0.406. The van der Waals surface area contributed by atoms with Gasteiger partial charge >= 0.3 is 5.97 Å². The molecule has 7 heteroatoms. The van der Waals surface area contributed by atoms with E-state index in [0.29, 0.717) is 25.2 Å². The molecule has 0 aliphatic carbocycles. The van der Waals surface area contributed by atoms with Gasteiger partial charge in [-0.3, -0.25) is 9.59 Å². The maximum Gasteiger partial charge on any atom is 0.326 e. The fourth-order valence-corrected chi connectivity index (χ4v) is 2.63. The third-order valence-electron chi connectivity index (χ3n) is 3.79. The highest BCUT2D eigenvalue weighted by molar-refractivity contribution is 5.91. The topological polar surface area (TPSA) is 123 Å². The summed E-state index contributed by atoms with van der Waals surface area (Å²) in [7, 11) is 0. The van der Waals surface area contributed by atoms with Crippen molar-refractivity contribution in [3.63, 3.8) is 0 Å². The van der Waals surface area contributed by atoms with E-state index in [9.17, 15) is 19.5 Å². The highest BCUT2D eigenvalue weighted by atomic mass is 16.4. The van der Waals surface area contributed by atoms with Crippen LogP contribution in [0, 0.1) is 17.8 Å². The standard InChI is InChI=1S/C18H35N3O4/c1-10(2)7-13(19)16(22)20-14(8-11(3)4)17(23)21-15(18(24)25)9-12(5)6/h10-15H,7-9,19H2,1-6H3,(H,20,22)(H,21,23)(H,24,25)/p+1/t13-,14-,15-/m0/s1. The summed E-state index contributed by atoms with van der Waals surface area (Å²) in [5.41, 5.74) is 3.86. The Balaban J connectivity index is 5.02. The number of carboxylic acids is 1. The van der Waals surface area contributed by atoms with Gasteiger partial charge in [0, 0.05) is 6.42 Å². The molecule has 0 aromatic heterocycles. The van der Waals surface area contributed by atoms with Crippen LogP contribution in [0.4, 0.5) is 0 Å². The summed E-state index contributed by atoms with van der Waals surface area (Å²) in [6.45, 7) is 11.7. The fraction of sp³-hybridized carbons (Fsp3) is 0.833. The summed E-state index contributed by atoms with van der Waals surface area (Å²) in [6, 6.07) is -2.14. The van der Waals surface area contributed by atoms with Crippen LogP contribution in [0.15, 0.2) is 0 Å². The smallest absolute Gasteiger partial charge is 0.326 e. The van der Waals surface area contributed by atoms with Gasteiger partial charge in [0.2, 0.25) is 5.91 Å². The van der Waals surface area contributed by atoms with Gasteiger partial charge in [-0.05, 0) is 30.6 Å². The molecule has 7 nitrogen and oxygen atoms in total. The quantitative estimate of drug-likeness (QED) is 0.436. The normalized spacial score (nSPS) is 15.1. The SMILES string of the molecule is CC(C)C[C@H](NC(=O)[C@H](CC(C)C)NC(=O)[C@@H]([NH3+])CC(C)C)C(=O)O. The molecule has 3 atom stereocenters. The van der Waals surface area contributed by atoms with E-state index in [0.717, 1.165) is 0 Å². The molecule has 0 fully saturated rings. The predicted molar refractivity (Wildman–Crippen MR) is 96.5 cm³/mol. The van der Waals surface area contributed by atoms with E-state index >= 15 is 0 Å². The zero-order valence-corrected chi connectivity index (χ0v) is 16.5. The molecule has 6 N–H and O–H groups in total. The van der Waals surface area contributed by atoms with Crippen LogP contribution in [0.3, 0.4) is 0 Å². The molecule has 0 saturated heterocycles. The third-order valence-corrected chi connectivity index (χ3v) is 3.79. The van der Waals surface area contributed by atoms with E-state index < -0.39 is 30.0 Å². The highest BCUT2D eigenvalue weighted by Crippen LogP contribution is 2.09. The molecule has 0 radical (unpaired) electrons. The zero-order valence-electron chi connectivity index (χ0n) is 16.5. The van der Waals surface area contributed by atoms with Gasteiger partial charge in [-0.15, -0.1) is 0 Å². The number of nitrogens with one attached hydrogen (secondary N) is 2. The number of hydrogen-bond acceptors (Lipinski definition) is 3. The lowest BCUT2D eigenvalue weighted by Gasteiger charge is -2.24. The predicted octanol–water partition coefficient (Wildman–Crippen LogP) is 0.789. The van der Waals surface area contributed by atoms with E-state index in [4.69, 9.17) is 0 Å². The van der Waals surface area contributed by atoms with Gasteiger partial charge in [-0.1, -0.05) is 41.5 Å². The second kappa shape index (κ2) is 11.1. The van der Waals surface area contributed by atoms with Gasteiger partial charge in [-0.25, -0.2) is 4.79 Å².